The summed E-state index contributed by atoms with van der Waals surface area (Å²) in [6, 6.07) is 14.8. The number of carbonyl (C=O) groups excluding carboxylic acids is 2. The molecule has 0 spiro atoms. The molecule has 1 aromatic heterocycles. The number of rotatable bonds is 8. The molecule has 0 aliphatic carbocycles. The van der Waals surface area contributed by atoms with Crippen molar-refractivity contribution in [1.29, 1.82) is 0 Å². The zero-order chi connectivity index (χ0) is 23.9. The van der Waals surface area contributed by atoms with Gasteiger partial charge in [0.1, 0.15) is 6.26 Å². The lowest BCUT2D eigenvalue weighted by molar-refractivity contribution is -0.133. The quantitative estimate of drug-likeness (QED) is 0.524. The van der Waals surface area contributed by atoms with Gasteiger partial charge < -0.3 is 24.3 Å². The number of hydrogen-bond acceptors (Lipinski definition) is 6. The molecule has 9 heteroatoms. The Labute approximate surface area is 203 Å². The van der Waals surface area contributed by atoms with Crippen LogP contribution in [0.15, 0.2) is 59.2 Å². The number of nitrogens with one attached hydrogen (secondary N) is 1. The Morgan fingerprint density at radius 1 is 1.09 bits per heavy atom. The second-order valence-electron chi connectivity index (χ2n) is 7.93. The van der Waals surface area contributed by atoms with Crippen LogP contribution < -0.4 is 10.2 Å². The molecule has 1 aliphatic rings. The Bertz CT molecular complexity index is 1110. The van der Waals surface area contributed by atoms with E-state index in [1.165, 1.54) is 11.2 Å². The molecule has 1 N–H and O–H groups in total. The number of nitrogens with zero attached hydrogens (tertiary/aromatic N) is 3. The number of likely N-dealkylation sites (N-methyl/N-ethyl adjacent to an activating group) is 1. The van der Waals surface area contributed by atoms with Crippen molar-refractivity contribution in [3.8, 4) is 11.5 Å². The van der Waals surface area contributed by atoms with Crippen molar-refractivity contribution in [3.63, 3.8) is 0 Å². The monoisotopic (exact) mass is 482 g/mol. The van der Waals surface area contributed by atoms with Crippen molar-refractivity contribution < 1.29 is 18.7 Å². The Morgan fingerprint density at radius 3 is 2.47 bits per heavy atom. The van der Waals surface area contributed by atoms with Crippen LogP contribution in [0.5, 0.6) is 0 Å². The van der Waals surface area contributed by atoms with E-state index in [-0.39, 0.29) is 24.8 Å². The molecule has 4 rings (SSSR count). The fourth-order valence-corrected chi connectivity index (χ4v) is 3.83. The van der Waals surface area contributed by atoms with Crippen LogP contribution in [0.25, 0.3) is 11.5 Å². The summed E-state index contributed by atoms with van der Waals surface area (Å²) in [5.41, 5.74) is 3.06. The zero-order valence-corrected chi connectivity index (χ0v) is 19.8. The van der Waals surface area contributed by atoms with E-state index in [9.17, 15) is 9.59 Å². The summed E-state index contributed by atoms with van der Waals surface area (Å²) in [6.07, 6.45) is 1.51. The third-order valence-electron chi connectivity index (χ3n) is 5.57. The second-order valence-corrected chi connectivity index (χ2v) is 8.37. The van der Waals surface area contributed by atoms with Crippen molar-refractivity contribution in [2.24, 2.45) is 0 Å². The van der Waals surface area contributed by atoms with Gasteiger partial charge in [0.05, 0.1) is 31.9 Å². The van der Waals surface area contributed by atoms with Gasteiger partial charge in [0, 0.05) is 41.6 Å². The third-order valence-corrected chi connectivity index (χ3v) is 5.82. The number of halogens is 1. The molecule has 0 unspecified atom stereocenters. The Hall–Kier alpha value is -3.36. The molecule has 0 atom stereocenters. The second kappa shape index (κ2) is 11.2. The summed E-state index contributed by atoms with van der Waals surface area (Å²) in [5, 5.41) is 3.49. The first-order chi connectivity index (χ1) is 16.5. The number of amides is 2. The van der Waals surface area contributed by atoms with Crippen molar-refractivity contribution in [1.82, 2.24) is 9.88 Å². The standard InChI is InChI=1S/C25H27ClN4O4/c1-2-29(24(32)15-21-17-34-25(28-21)18-3-5-19(26)6-4-18)16-23(31)27-20-7-9-22(10-8-20)30-11-13-33-14-12-30/h3-10,17H,2,11-16H2,1H3,(H,27,31). The first-order valence-electron chi connectivity index (χ1n) is 11.2. The highest BCUT2D eigenvalue weighted by Gasteiger charge is 2.19. The predicted octanol–water partition coefficient (Wildman–Crippen LogP) is 3.86. The lowest BCUT2D eigenvalue weighted by atomic mass is 10.2. The van der Waals surface area contributed by atoms with Gasteiger partial charge >= 0.3 is 0 Å². The summed E-state index contributed by atoms with van der Waals surface area (Å²) < 4.78 is 10.9. The van der Waals surface area contributed by atoms with Crippen LogP contribution in [0, 0.1) is 0 Å². The van der Waals surface area contributed by atoms with Gasteiger partial charge in [0.2, 0.25) is 17.7 Å². The van der Waals surface area contributed by atoms with E-state index in [0.717, 1.165) is 37.6 Å². The molecular formula is C25H27ClN4O4. The van der Waals surface area contributed by atoms with Crippen molar-refractivity contribution >= 4 is 34.8 Å². The Morgan fingerprint density at radius 2 is 1.79 bits per heavy atom. The van der Waals surface area contributed by atoms with Gasteiger partial charge in [-0.1, -0.05) is 11.6 Å². The van der Waals surface area contributed by atoms with Gasteiger partial charge in [-0.3, -0.25) is 9.59 Å². The normalized spacial score (nSPS) is 13.5. The SMILES string of the molecule is CCN(CC(=O)Nc1ccc(N2CCOCC2)cc1)C(=O)Cc1coc(-c2ccc(Cl)cc2)n1. The summed E-state index contributed by atoms with van der Waals surface area (Å²) >= 11 is 5.92. The number of aromatic nitrogens is 1. The molecule has 2 amide bonds. The third kappa shape index (κ3) is 6.15. The number of carbonyl (C=O) groups is 2. The molecule has 1 saturated heterocycles. The van der Waals surface area contributed by atoms with Crippen LogP contribution in [0.4, 0.5) is 11.4 Å². The van der Waals surface area contributed by atoms with E-state index in [0.29, 0.717) is 28.8 Å². The molecule has 0 bridgehead atoms. The molecule has 1 aliphatic heterocycles. The Kier molecular flexibility index (Phi) is 7.82. The molecule has 34 heavy (non-hydrogen) atoms. The van der Waals surface area contributed by atoms with E-state index in [1.54, 1.807) is 24.3 Å². The maximum Gasteiger partial charge on any atom is 0.243 e. The van der Waals surface area contributed by atoms with E-state index in [4.69, 9.17) is 20.8 Å². The smallest absolute Gasteiger partial charge is 0.243 e. The van der Waals surface area contributed by atoms with Gasteiger partial charge in [0.25, 0.3) is 0 Å². The molecule has 3 aromatic rings. The van der Waals surface area contributed by atoms with Crippen molar-refractivity contribution in [2.75, 3.05) is 49.6 Å². The average Bonchev–Trinajstić information content (AvgIpc) is 3.32. The largest absolute Gasteiger partial charge is 0.444 e. The highest BCUT2D eigenvalue weighted by atomic mass is 35.5. The van der Waals surface area contributed by atoms with Crippen LogP contribution in [-0.2, 0) is 20.7 Å². The summed E-state index contributed by atoms with van der Waals surface area (Å²) in [7, 11) is 0. The fraction of sp³-hybridized carbons (Fsp3) is 0.320. The zero-order valence-electron chi connectivity index (χ0n) is 19.0. The van der Waals surface area contributed by atoms with Crippen LogP contribution in [0.2, 0.25) is 5.02 Å². The fourth-order valence-electron chi connectivity index (χ4n) is 3.71. The van der Waals surface area contributed by atoms with E-state index < -0.39 is 0 Å². The van der Waals surface area contributed by atoms with Crippen LogP contribution in [-0.4, -0.2) is 61.1 Å². The lowest BCUT2D eigenvalue weighted by Crippen LogP contribution is -2.38. The molecule has 2 heterocycles. The summed E-state index contributed by atoms with van der Waals surface area (Å²) in [4.78, 5) is 33.5. The van der Waals surface area contributed by atoms with Crippen molar-refractivity contribution in [2.45, 2.75) is 13.3 Å². The van der Waals surface area contributed by atoms with Gasteiger partial charge in [0.15, 0.2) is 0 Å². The van der Waals surface area contributed by atoms with Crippen LogP contribution in [0.3, 0.4) is 0 Å². The maximum atomic E-state index is 12.8. The molecule has 2 aromatic carbocycles. The highest BCUT2D eigenvalue weighted by molar-refractivity contribution is 6.30. The number of benzene rings is 2. The van der Waals surface area contributed by atoms with Gasteiger partial charge in [-0.2, -0.15) is 0 Å². The molecule has 0 saturated carbocycles. The summed E-state index contributed by atoms with van der Waals surface area (Å²) in [6.45, 7) is 5.35. The number of oxazole rings is 1. The molecule has 178 valence electrons. The van der Waals surface area contributed by atoms with Gasteiger partial charge in [-0.15, -0.1) is 0 Å². The number of morpholine rings is 1. The van der Waals surface area contributed by atoms with Crippen molar-refractivity contribution in [3.05, 3.63) is 65.5 Å². The van der Waals surface area contributed by atoms with Crippen LogP contribution in [0.1, 0.15) is 12.6 Å². The maximum absolute atomic E-state index is 12.8. The average molecular weight is 483 g/mol. The van der Waals surface area contributed by atoms with Crippen LogP contribution >= 0.6 is 11.6 Å². The summed E-state index contributed by atoms with van der Waals surface area (Å²) in [5.74, 6) is -0.0339. The number of hydrogen-bond donors (Lipinski definition) is 1. The van der Waals surface area contributed by atoms with E-state index in [1.807, 2.05) is 31.2 Å². The number of ether oxygens (including phenoxy) is 1. The minimum absolute atomic E-state index is 0.0392. The van der Waals surface area contributed by atoms with Gasteiger partial charge in [-0.05, 0) is 55.5 Å². The predicted molar refractivity (Wildman–Crippen MR) is 131 cm³/mol. The minimum Gasteiger partial charge on any atom is -0.444 e. The molecular weight excluding hydrogens is 456 g/mol. The van der Waals surface area contributed by atoms with E-state index >= 15 is 0 Å². The first kappa shape index (κ1) is 23.8. The Balaban J connectivity index is 1.30. The molecule has 0 radical (unpaired) electrons. The highest BCUT2D eigenvalue weighted by Crippen LogP contribution is 2.22. The van der Waals surface area contributed by atoms with E-state index in [2.05, 4.69) is 15.2 Å². The van der Waals surface area contributed by atoms with Gasteiger partial charge in [-0.25, -0.2) is 4.98 Å². The molecule has 8 nitrogen and oxygen atoms in total. The molecule has 1 fully saturated rings. The topological polar surface area (TPSA) is 87.9 Å². The first-order valence-corrected chi connectivity index (χ1v) is 11.6. The lowest BCUT2D eigenvalue weighted by Gasteiger charge is -2.29. The minimum atomic E-state index is -0.253. The number of anilines is 2.